The van der Waals surface area contributed by atoms with Gasteiger partial charge in [-0.05, 0) is 58.0 Å². The van der Waals surface area contributed by atoms with E-state index < -0.39 is 15.1 Å². The molecule has 0 unspecified atom stereocenters. The van der Waals surface area contributed by atoms with Crippen LogP contribution in [0.5, 0.6) is 5.75 Å². The van der Waals surface area contributed by atoms with Crippen LogP contribution in [0.25, 0.3) is 11.0 Å². The highest BCUT2D eigenvalue weighted by Gasteiger charge is 2.27. The number of H-pyrrole nitrogens is 1. The average molecular weight is 653 g/mol. The van der Waals surface area contributed by atoms with Gasteiger partial charge in [0, 0.05) is 63.3 Å². The Morgan fingerprint density at radius 3 is 2.42 bits per heavy atom. The summed E-state index contributed by atoms with van der Waals surface area (Å²) in [6, 6.07) is 13.6. The van der Waals surface area contributed by atoms with Crippen LogP contribution in [0.3, 0.4) is 0 Å². The molecule has 0 spiro atoms. The van der Waals surface area contributed by atoms with Crippen LogP contribution in [0.2, 0.25) is 5.02 Å². The lowest BCUT2D eigenvalue weighted by Crippen LogP contribution is -2.52. The number of aromatic amines is 1. The molecule has 13 heteroatoms. The Hall–Kier alpha value is -3.58. The van der Waals surface area contributed by atoms with Gasteiger partial charge in [-0.1, -0.05) is 23.7 Å². The second kappa shape index (κ2) is 13.0. The number of sulfone groups is 1. The lowest BCUT2D eigenvalue weighted by molar-refractivity contribution is 0.0982. The molecule has 3 N–H and O–H groups in total. The van der Waals surface area contributed by atoms with Gasteiger partial charge in [0.05, 0.1) is 39.0 Å². The van der Waals surface area contributed by atoms with E-state index in [9.17, 15) is 8.42 Å². The van der Waals surface area contributed by atoms with E-state index in [4.69, 9.17) is 21.3 Å². The van der Waals surface area contributed by atoms with Gasteiger partial charge < -0.3 is 30.2 Å². The number of aromatic nitrogens is 3. The minimum atomic E-state index is -3.56. The maximum Gasteiger partial charge on any atom is 0.231 e. The fraction of sp³-hybridized carbons (Fsp3) is 0.438. The minimum absolute atomic E-state index is 0.192. The molecule has 6 rings (SSSR count). The summed E-state index contributed by atoms with van der Waals surface area (Å²) in [5, 5.41) is 6.91. The topological polar surface area (TPSA) is 119 Å². The zero-order chi connectivity index (χ0) is 31.7. The van der Waals surface area contributed by atoms with Crippen molar-refractivity contribution in [1.82, 2.24) is 24.8 Å². The van der Waals surface area contributed by atoms with E-state index in [1.807, 2.05) is 6.07 Å². The van der Waals surface area contributed by atoms with Crippen molar-refractivity contribution in [2.24, 2.45) is 0 Å². The van der Waals surface area contributed by atoms with Crippen molar-refractivity contribution in [1.29, 1.82) is 0 Å². The van der Waals surface area contributed by atoms with Crippen LogP contribution >= 0.6 is 11.6 Å². The fourth-order valence-electron chi connectivity index (χ4n) is 6.12. The summed E-state index contributed by atoms with van der Waals surface area (Å²) in [6.45, 7) is 9.92. The molecule has 0 bridgehead atoms. The number of hydrogen-bond donors (Lipinski definition) is 3. The average Bonchev–Trinajstić information content (AvgIpc) is 3.42. The highest BCUT2D eigenvalue weighted by molar-refractivity contribution is 7.92. The van der Waals surface area contributed by atoms with Crippen molar-refractivity contribution in [2.75, 3.05) is 69.0 Å². The maximum absolute atomic E-state index is 13.1. The molecule has 2 fully saturated rings. The number of rotatable bonds is 9. The van der Waals surface area contributed by atoms with Crippen LogP contribution < -0.4 is 20.3 Å². The maximum atomic E-state index is 13.1. The largest absolute Gasteiger partial charge is 0.494 e. The molecule has 4 aromatic rings. The van der Waals surface area contributed by atoms with Crippen molar-refractivity contribution in [3.8, 4) is 5.75 Å². The number of piperazine rings is 1. The van der Waals surface area contributed by atoms with Gasteiger partial charge >= 0.3 is 0 Å². The Labute approximate surface area is 269 Å². The van der Waals surface area contributed by atoms with Gasteiger partial charge in [-0.2, -0.15) is 9.97 Å². The smallest absolute Gasteiger partial charge is 0.231 e. The number of methoxy groups -OCH3 is 1. The first kappa shape index (κ1) is 31.4. The van der Waals surface area contributed by atoms with Crippen molar-refractivity contribution >= 4 is 61.3 Å². The molecule has 0 amide bonds. The van der Waals surface area contributed by atoms with Gasteiger partial charge in [0.2, 0.25) is 5.95 Å². The first-order valence-electron chi connectivity index (χ1n) is 15.4. The Balaban J connectivity index is 1.23. The van der Waals surface area contributed by atoms with E-state index in [2.05, 4.69) is 54.5 Å². The Kier molecular flexibility index (Phi) is 9.10. The number of anilines is 5. The van der Waals surface area contributed by atoms with Gasteiger partial charge in [-0.3, -0.25) is 4.90 Å². The molecule has 4 heterocycles. The van der Waals surface area contributed by atoms with E-state index in [1.54, 1.807) is 51.4 Å². The third-order valence-corrected chi connectivity index (χ3v) is 11.4. The first-order valence-corrected chi connectivity index (χ1v) is 17.3. The van der Waals surface area contributed by atoms with E-state index >= 15 is 0 Å². The molecule has 11 nitrogen and oxygen atoms in total. The van der Waals surface area contributed by atoms with Gasteiger partial charge in [-0.25, -0.2) is 8.42 Å². The lowest BCUT2D eigenvalue weighted by Gasteiger charge is -2.42. The highest BCUT2D eigenvalue weighted by Crippen LogP contribution is 2.36. The van der Waals surface area contributed by atoms with Crippen LogP contribution in [-0.2, 0) is 9.84 Å². The Morgan fingerprint density at radius 2 is 1.71 bits per heavy atom. The third kappa shape index (κ3) is 6.55. The van der Waals surface area contributed by atoms with Gasteiger partial charge in [0.25, 0.3) is 0 Å². The number of benzene rings is 2. The van der Waals surface area contributed by atoms with Crippen molar-refractivity contribution in [3.05, 3.63) is 53.7 Å². The van der Waals surface area contributed by atoms with Crippen molar-refractivity contribution < 1.29 is 13.2 Å². The monoisotopic (exact) mass is 652 g/mol. The quantitative estimate of drug-likeness (QED) is 0.214. The predicted octanol–water partition coefficient (Wildman–Crippen LogP) is 5.51. The lowest BCUT2D eigenvalue weighted by atomic mass is 10.0. The number of ether oxygens (including phenoxy) is 1. The predicted molar refractivity (Wildman–Crippen MR) is 182 cm³/mol. The zero-order valence-corrected chi connectivity index (χ0v) is 27.7. The molecule has 0 atom stereocenters. The molecular weight excluding hydrogens is 612 g/mol. The summed E-state index contributed by atoms with van der Waals surface area (Å²) in [6.07, 6.45) is 3.93. The number of halogens is 1. The van der Waals surface area contributed by atoms with E-state index in [-0.39, 0.29) is 4.90 Å². The van der Waals surface area contributed by atoms with Gasteiger partial charge in [-0.15, -0.1) is 0 Å². The molecule has 2 aliphatic heterocycles. The number of para-hydroxylation sites is 1. The number of hydrogen-bond acceptors (Lipinski definition) is 10. The number of nitrogens with one attached hydrogen (secondary N) is 3. The van der Waals surface area contributed by atoms with Crippen LogP contribution in [0.1, 0.15) is 26.7 Å². The van der Waals surface area contributed by atoms with Crippen LogP contribution in [0.15, 0.2) is 53.6 Å². The molecular formula is C32H41ClN8O3S. The van der Waals surface area contributed by atoms with Crippen molar-refractivity contribution in [3.63, 3.8) is 0 Å². The minimum Gasteiger partial charge on any atom is -0.494 e. The summed E-state index contributed by atoms with van der Waals surface area (Å²) in [7, 11) is 0.293. The molecule has 2 aromatic carbocycles. The molecule has 2 aliphatic rings. The summed E-state index contributed by atoms with van der Waals surface area (Å²) >= 11 is 6.52. The summed E-state index contributed by atoms with van der Waals surface area (Å²) < 4.78 is 32.0. The van der Waals surface area contributed by atoms with Gasteiger partial charge in [0.1, 0.15) is 17.2 Å². The number of nitrogens with zero attached hydrogens (tertiary/aromatic N) is 5. The number of piperidine rings is 1. The fourth-order valence-corrected chi connectivity index (χ4v) is 7.55. The first-order chi connectivity index (χ1) is 21.6. The Bertz CT molecular complexity index is 1760. The zero-order valence-electron chi connectivity index (χ0n) is 26.2. The summed E-state index contributed by atoms with van der Waals surface area (Å²) in [5.41, 5.74) is 2.74. The van der Waals surface area contributed by atoms with Gasteiger partial charge in [0.15, 0.2) is 9.84 Å². The molecule has 240 valence electrons. The molecule has 2 aromatic heterocycles. The molecule has 0 radical (unpaired) electrons. The standard InChI is InChI=1S/C32H41ClN8O3S/c1-21(2)45(42,43)28-8-6-5-7-26(28)35-31-29-24(33)20-34-30(29)37-32(38-31)36-25-10-9-23(19-27(25)44-4)40-13-11-22(12-14-40)41-17-15-39(3)16-18-41/h5-10,19-22H,11-18H2,1-4H3,(H3,34,35,36,37,38). The third-order valence-electron chi connectivity index (χ3n) is 8.87. The molecule has 45 heavy (non-hydrogen) atoms. The van der Waals surface area contributed by atoms with E-state index in [1.165, 1.54) is 0 Å². The highest BCUT2D eigenvalue weighted by atomic mass is 35.5. The second-order valence-electron chi connectivity index (χ2n) is 12.0. The molecule has 0 aliphatic carbocycles. The SMILES string of the molecule is COc1cc(N2CCC(N3CCN(C)CC3)CC2)ccc1Nc1nc(Nc2ccccc2S(=O)(=O)C(C)C)c2c(Cl)c[nH]c2n1. The number of fused-ring (bicyclic) bond motifs is 1. The molecule has 2 saturated heterocycles. The van der Waals surface area contributed by atoms with E-state index in [0.29, 0.717) is 51.0 Å². The van der Waals surface area contributed by atoms with E-state index in [0.717, 1.165) is 57.8 Å². The summed E-state index contributed by atoms with van der Waals surface area (Å²) in [4.78, 5) is 20.1. The summed E-state index contributed by atoms with van der Waals surface area (Å²) in [5.74, 6) is 1.34. The second-order valence-corrected chi connectivity index (χ2v) is 14.9. The van der Waals surface area contributed by atoms with Crippen LogP contribution in [-0.4, -0.2) is 97.9 Å². The Morgan fingerprint density at radius 1 is 0.978 bits per heavy atom. The van der Waals surface area contributed by atoms with Crippen LogP contribution in [0.4, 0.5) is 28.8 Å². The van der Waals surface area contributed by atoms with Crippen LogP contribution in [0, 0.1) is 0 Å². The van der Waals surface area contributed by atoms with Crippen molar-refractivity contribution in [2.45, 2.75) is 42.9 Å². The number of likely N-dealkylation sites (N-methyl/N-ethyl adjacent to an activating group) is 1. The molecule has 0 saturated carbocycles. The normalized spacial score (nSPS) is 17.2.